The van der Waals surface area contributed by atoms with Crippen LogP contribution in [0, 0.1) is 0 Å². The molecule has 0 fully saturated rings. The van der Waals surface area contributed by atoms with Crippen LogP contribution in [-0.2, 0) is 14.3 Å². The van der Waals surface area contributed by atoms with E-state index in [1.165, 1.54) is 19.1 Å². The number of carboxylic acids is 1. The van der Waals surface area contributed by atoms with Crippen LogP contribution >= 0.6 is 0 Å². The minimum atomic E-state index is -1.41. The van der Waals surface area contributed by atoms with E-state index in [9.17, 15) is 9.59 Å². The van der Waals surface area contributed by atoms with E-state index in [0.717, 1.165) is 0 Å². The van der Waals surface area contributed by atoms with Gasteiger partial charge in [0.2, 0.25) is 5.60 Å². The van der Waals surface area contributed by atoms with Crippen LogP contribution in [-0.4, -0.2) is 22.6 Å². The highest BCUT2D eigenvalue weighted by molar-refractivity contribution is 5.86. The van der Waals surface area contributed by atoms with Gasteiger partial charge in [0, 0.05) is 6.08 Å². The number of aliphatic carboxylic acids is 1. The zero-order valence-corrected chi connectivity index (χ0v) is 8.74. The minimum Gasteiger partial charge on any atom is -0.478 e. The summed E-state index contributed by atoms with van der Waals surface area (Å²) in [5, 5.41) is 8.88. The van der Waals surface area contributed by atoms with Crippen molar-refractivity contribution in [2.75, 3.05) is 0 Å². The molecule has 1 unspecified atom stereocenters. The second-order valence-corrected chi connectivity index (χ2v) is 3.21. The first-order chi connectivity index (χ1) is 6.46. The number of allylic oxidation sites excluding steroid dienone is 1. The number of carboxylic acid groups (broad SMARTS) is 1. The fourth-order valence-corrected chi connectivity index (χ4v) is 1.07. The molecule has 0 aromatic carbocycles. The van der Waals surface area contributed by atoms with Gasteiger partial charge in [0.25, 0.3) is 0 Å². The Balaban J connectivity index is 4.52. The Kier molecular flexibility index (Phi) is 4.91. The lowest BCUT2D eigenvalue weighted by molar-refractivity contribution is -0.174. The summed E-state index contributed by atoms with van der Waals surface area (Å²) in [6.07, 6.45) is 3.67. The van der Waals surface area contributed by atoms with Gasteiger partial charge in [-0.1, -0.05) is 19.4 Å². The van der Waals surface area contributed by atoms with Crippen molar-refractivity contribution in [1.82, 2.24) is 0 Å². The quantitative estimate of drug-likeness (QED) is 0.542. The Hall–Kier alpha value is -1.32. The van der Waals surface area contributed by atoms with Crippen molar-refractivity contribution in [1.29, 1.82) is 0 Å². The number of carbonyl (C=O) groups excluding carboxylic acids is 1. The van der Waals surface area contributed by atoms with E-state index in [1.54, 1.807) is 6.92 Å². The van der Waals surface area contributed by atoms with Crippen molar-refractivity contribution in [2.45, 2.75) is 39.2 Å². The smallest absolute Gasteiger partial charge is 0.347 e. The highest BCUT2D eigenvalue weighted by Gasteiger charge is 2.35. The first kappa shape index (κ1) is 12.7. The van der Waals surface area contributed by atoms with Gasteiger partial charge >= 0.3 is 11.9 Å². The maximum atomic E-state index is 11.1. The maximum absolute atomic E-state index is 11.1. The topological polar surface area (TPSA) is 63.6 Å². The van der Waals surface area contributed by atoms with Gasteiger partial charge in [-0.3, -0.25) is 0 Å². The van der Waals surface area contributed by atoms with E-state index in [-0.39, 0.29) is 0 Å². The van der Waals surface area contributed by atoms with Crippen molar-refractivity contribution in [3.05, 3.63) is 12.2 Å². The lowest BCUT2D eigenvalue weighted by Crippen LogP contribution is -2.39. The number of hydrogen-bond acceptors (Lipinski definition) is 3. The van der Waals surface area contributed by atoms with Gasteiger partial charge in [0.05, 0.1) is 0 Å². The third-order valence-corrected chi connectivity index (χ3v) is 1.81. The number of hydrogen-bond donors (Lipinski definition) is 1. The fourth-order valence-electron chi connectivity index (χ4n) is 1.07. The van der Waals surface area contributed by atoms with Crippen molar-refractivity contribution in [3.8, 4) is 0 Å². The summed E-state index contributed by atoms with van der Waals surface area (Å²) in [5.41, 5.74) is -1.41. The van der Waals surface area contributed by atoms with Crippen molar-refractivity contribution in [2.24, 2.45) is 0 Å². The zero-order valence-electron chi connectivity index (χ0n) is 8.74. The highest BCUT2D eigenvalue weighted by atomic mass is 16.6. The number of rotatable bonds is 5. The zero-order chi connectivity index (χ0) is 11.2. The molecule has 1 N–H and O–H groups in total. The Labute approximate surface area is 83.6 Å². The monoisotopic (exact) mass is 200 g/mol. The van der Waals surface area contributed by atoms with E-state index in [2.05, 4.69) is 0 Å². The predicted molar refractivity (Wildman–Crippen MR) is 51.9 cm³/mol. The molecule has 4 nitrogen and oxygen atoms in total. The highest BCUT2D eigenvalue weighted by Crippen LogP contribution is 2.18. The average Bonchev–Trinajstić information content (AvgIpc) is 2.04. The molecule has 14 heavy (non-hydrogen) atoms. The molecule has 4 heteroatoms. The molecule has 0 radical (unpaired) electrons. The molecule has 0 rings (SSSR count). The molecule has 0 aromatic rings. The first-order valence-electron chi connectivity index (χ1n) is 4.55. The van der Waals surface area contributed by atoms with Gasteiger partial charge in [-0.05, 0) is 20.3 Å². The third-order valence-electron chi connectivity index (χ3n) is 1.81. The lowest BCUT2D eigenvalue weighted by atomic mass is 10.0. The third kappa shape index (κ3) is 3.60. The molecule has 0 aliphatic carbocycles. The van der Waals surface area contributed by atoms with Gasteiger partial charge in [0.1, 0.15) is 0 Å². The standard InChI is InChI=1S/C10H16O4/c1-4-6-8(11)14-10(3,7-5-2)9(12)13/h4,6H,5,7H2,1-3H3,(H,12,13). The summed E-state index contributed by atoms with van der Waals surface area (Å²) >= 11 is 0. The van der Waals surface area contributed by atoms with Crippen LogP contribution in [0.2, 0.25) is 0 Å². The summed E-state index contributed by atoms with van der Waals surface area (Å²) in [5.74, 6) is -1.73. The van der Waals surface area contributed by atoms with Gasteiger partial charge < -0.3 is 9.84 Å². The number of carbonyl (C=O) groups is 2. The molecule has 0 saturated carbocycles. The second-order valence-electron chi connectivity index (χ2n) is 3.21. The molecule has 0 amide bonds. The fraction of sp³-hybridized carbons (Fsp3) is 0.600. The maximum Gasteiger partial charge on any atom is 0.347 e. The minimum absolute atomic E-state index is 0.311. The van der Waals surface area contributed by atoms with Crippen LogP contribution in [0.4, 0.5) is 0 Å². The first-order valence-corrected chi connectivity index (χ1v) is 4.55. The van der Waals surface area contributed by atoms with Gasteiger partial charge in [-0.15, -0.1) is 0 Å². The number of esters is 1. The summed E-state index contributed by atoms with van der Waals surface area (Å²) in [4.78, 5) is 21.9. The summed E-state index contributed by atoms with van der Waals surface area (Å²) in [6, 6.07) is 0. The molecular weight excluding hydrogens is 184 g/mol. The molecule has 0 aliphatic heterocycles. The van der Waals surface area contributed by atoms with E-state index in [4.69, 9.17) is 9.84 Å². The van der Waals surface area contributed by atoms with Crippen molar-refractivity contribution in [3.63, 3.8) is 0 Å². The lowest BCUT2D eigenvalue weighted by Gasteiger charge is -2.23. The van der Waals surface area contributed by atoms with E-state index in [1.807, 2.05) is 6.92 Å². The predicted octanol–water partition coefficient (Wildman–Crippen LogP) is 1.75. The van der Waals surface area contributed by atoms with Crippen LogP contribution in [0.25, 0.3) is 0 Å². The SMILES string of the molecule is CC=CC(=O)OC(C)(CCC)C(=O)O. The molecule has 0 aliphatic rings. The molecule has 0 spiro atoms. The Morgan fingerprint density at radius 1 is 1.50 bits per heavy atom. The molecule has 0 saturated heterocycles. The normalized spacial score (nSPS) is 15.1. The van der Waals surface area contributed by atoms with Crippen molar-refractivity contribution >= 4 is 11.9 Å². The van der Waals surface area contributed by atoms with Crippen LogP contribution < -0.4 is 0 Å². The van der Waals surface area contributed by atoms with Crippen LogP contribution in [0.3, 0.4) is 0 Å². The van der Waals surface area contributed by atoms with Gasteiger partial charge in [0.15, 0.2) is 0 Å². The Bertz CT molecular complexity index is 245. The molecular formula is C10H16O4. The molecule has 1 atom stereocenters. The number of ether oxygens (including phenoxy) is 1. The molecule has 80 valence electrons. The summed E-state index contributed by atoms with van der Waals surface area (Å²) in [7, 11) is 0. The average molecular weight is 200 g/mol. The molecule has 0 bridgehead atoms. The van der Waals surface area contributed by atoms with Gasteiger partial charge in [-0.25, -0.2) is 9.59 Å². The summed E-state index contributed by atoms with van der Waals surface area (Å²) in [6.45, 7) is 4.91. The molecule has 0 heterocycles. The second kappa shape index (κ2) is 5.42. The van der Waals surface area contributed by atoms with Gasteiger partial charge in [-0.2, -0.15) is 0 Å². The van der Waals surface area contributed by atoms with Crippen molar-refractivity contribution < 1.29 is 19.4 Å². The van der Waals surface area contributed by atoms with Crippen LogP contribution in [0.5, 0.6) is 0 Å². The molecule has 0 aromatic heterocycles. The van der Waals surface area contributed by atoms with Crippen LogP contribution in [0.15, 0.2) is 12.2 Å². The Morgan fingerprint density at radius 2 is 2.07 bits per heavy atom. The Morgan fingerprint density at radius 3 is 2.43 bits per heavy atom. The van der Waals surface area contributed by atoms with E-state index in [0.29, 0.717) is 12.8 Å². The van der Waals surface area contributed by atoms with E-state index < -0.39 is 17.5 Å². The van der Waals surface area contributed by atoms with Crippen LogP contribution in [0.1, 0.15) is 33.6 Å². The largest absolute Gasteiger partial charge is 0.478 e. The summed E-state index contributed by atoms with van der Waals surface area (Å²) < 4.78 is 4.85. The van der Waals surface area contributed by atoms with E-state index >= 15 is 0 Å².